The number of rotatable bonds is 2. The Morgan fingerprint density at radius 3 is 1.27 bits per heavy atom. The van der Waals surface area contributed by atoms with Crippen LogP contribution < -0.4 is 0 Å². The Balaban J connectivity index is 1.08. The summed E-state index contributed by atoms with van der Waals surface area (Å²) in [6.45, 7) is 0. The van der Waals surface area contributed by atoms with E-state index in [9.17, 15) is 19.2 Å². The first-order valence-electron chi connectivity index (χ1n) is 16.4. The third kappa shape index (κ3) is 3.81. The molecule has 6 aromatic rings. The molecule has 0 saturated heterocycles. The number of allylic oxidation sites excluding steroid dienone is 2. The van der Waals surface area contributed by atoms with Crippen LogP contribution in [-0.4, -0.2) is 23.1 Å². The van der Waals surface area contributed by atoms with Crippen molar-refractivity contribution < 1.29 is 19.2 Å². The van der Waals surface area contributed by atoms with E-state index in [4.69, 9.17) is 0 Å². The molecule has 1 spiro atoms. The van der Waals surface area contributed by atoms with Gasteiger partial charge in [0.2, 0.25) is 0 Å². The van der Waals surface area contributed by atoms with Crippen molar-refractivity contribution in [3.63, 3.8) is 0 Å². The van der Waals surface area contributed by atoms with Gasteiger partial charge in [-0.2, -0.15) is 0 Å². The minimum atomic E-state index is -0.202. The molecule has 1 fully saturated rings. The van der Waals surface area contributed by atoms with Crippen molar-refractivity contribution in [2.24, 2.45) is 0 Å². The Bertz CT molecular complexity index is 2320. The van der Waals surface area contributed by atoms with E-state index in [-0.39, 0.29) is 39.7 Å². The Morgan fingerprint density at radius 1 is 0.479 bits per heavy atom. The van der Waals surface area contributed by atoms with Crippen molar-refractivity contribution in [3.8, 4) is 11.1 Å². The second-order valence-electron chi connectivity index (χ2n) is 13.3. The van der Waals surface area contributed by atoms with Gasteiger partial charge in [-0.3, -0.25) is 19.2 Å². The first kappa shape index (κ1) is 28.0. The van der Waals surface area contributed by atoms with E-state index in [2.05, 4.69) is 36.4 Å². The number of fused-ring (bicyclic) bond motifs is 9. The van der Waals surface area contributed by atoms with E-state index in [1.165, 1.54) is 41.5 Å². The lowest BCUT2D eigenvalue weighted by Crippen LogP contribution is -2.28. The Hall–Kier alpha value is -5.04. The zero-order valence-corrected chi connectivity index (χ0v) is 27.4. The maximum atomic E-state index is 13.1. The van der Waals surface area contributed by atoms with Crippen LogP contribution in [0.5, 0.6) is 0 Å². The lowest BCUT2D eigenvalue weighted by Gasteiger charge is -2.36. The van der Waals surface area contributed by atoms with Gasteiger partial charge in [-0.1, -0.05) is 67.8 Å². The normalized spacial score (nSPS) is 17.4. The molecule has 10 rings (SSSR count). The predicted molar refractivity (Wildman–Crippen MR) is 193 cm³/mol. The van der Waals surface area contributed by atoms with Crippen LogP contribution in [0.1, 0.15) is 94.4 Å². The van der Waals surface area contributed by atoms with Crippen molar-refractivity contribution in [3.05, 3.63) is 139 Å². The number of ketones is 4. The molecule has 48 heavy (non-hydrogen) atoms. The smallest absolute Gasteiger partial charge is 0.197 e. The first-order valence-corrected chi connectivity index (χ1v) is 18.0. The molecule has 0 amide bonds. The van der Waals surface area contributed by atoms with E-state index < -0.39 is 0 Å². The van der Waals surface area contributed by atoms with E-state index in [1.807, 2.05) is 0 Å². The molecular formula is C42H26O4S2. The molecule has 0 atom stereocenters. The van der Waals surface area contributed by atoms with Crippen LogP contribution in [0.3, 0.4) is 0 Å². The molecule has 230 valence electrons. The molecule has 0 unspecified atom stereocenters. The fourth-order valence-electron chi connectivity index (χ4n) is 8.53. The second-order valence-corrected chi connectivity index (χ2v) is 15.6. The lowest BCUT2D eigenvalue weighted by atomic mass is 9.67. The maximum Gasteiger partial charge on any atom is 0.197 e. The summed E-state index contributed by atoms with van der Waals surface area (Å²) in [5.74, 6) is -0.808. The number of Topliss-reactive ketones (excluding diaryl/α,β-unsaturated/α-hetero) is 4. The second kappa shape index (κ2) is 9.99. The van der Waals surface area contributed by atoms with Crippen LogP contribution in [0.15, 0.2) is 96.1 Å². The quantitative estimate of drug-likeness (QED) is 0.137. The van der Waals surface area contributed by atoms with E-state index in [1.54, 1.807) is 83.4 Å². The third-order valence-corrected chi connectivity index (χ3v) is 12.9. The average molecular weight is 659 g/mol. The summed E-state index contributed by atoms with van der Waals surface area (Å²) in [5.41, 5.74) is 7.60. The average Bonchev–Trinajstić information content (AvgIpc) is 3.87. The number of carbonyl (C=O) groups excluding carboxylic acids is 4. The molecule has 4 aromatic carbocycles. The van der Waals surface area contributed by atoms with Crippen LogP contribution >= 0.6 is 22.7 Å². The van der Waals surface area contributed by atoms with E-state index >= 15 is 0 Å². The molecule has 6 heteroatoms. The minimum absolute atomic E-state index is 0.0650. The summed E-state index contributed by atoms with van der Waals surface area (Å²) in [6, 6.07) is 27.7. The number of hydrogen-bond donors (Lipinski definition) is 0. The highest BCUT2D eigenvalue weighted by Crippen LogP contribution is 2.58. The standard InChI is InChI=1S/C42H26O4S2/c43-38-26-8-2-3-9-27(26)39(44)32(38)18-24-14-22-16-34-30(20-36(22)47-24)31-21-37-23(17-35(31)42(34)12-6-1-7-13-42)15-25(48-37)19-33-40(45)28-10-4-5-11-29(28)41(33)46/h2-5,8-11,14-21H,1,6-7,12-13H2. The fraction of sp³-hybridized carbons (Fsp3) is 0.143. The first-order chi connectivity index (χ1) is 23.4. The Kier molecular flexibility index (Phi) is 5.83. The fourth-order valence-corrected chi connectivity index (χ4v) is 10.6. The maximum absolute atomic E-state index is 13.1. The largest absolute Gasteiger partial charge is 0.288 e. The van der Waals surface area contributed by atoms with Gasteiger partial charge in [0.05, 0.1) is 11.1 Å². The summed E-state index contributed by atoms with van der Waals surface area (Å²) in [5, 5.41) is 2.28. The van der Waals surface area contributed by atoms with Gasteiger partial charge >= 0.3 is 0 Å². The molecule has 1 saturated carbocycles. The molecule has 4 aliphatic rings. The topological polar surface area (TPSA) is 68.3 Å². The van der Waals surface area contributed by atoms with Crippen LogP contribution in [0.4, 0.5) is 0 Å². The molecule has 0 aliphatic heterocycles. The van der Waals surface area contributed by atoms with E-state index in [0.29, 0.717) is 22.3 Å². The van der Waals surface area contributed by atoms with Crippen LogP contribution in [-0.2, 0) is 5.41 Å². The number of benzene rings is 4. The van der Waals surface area contributed by atoms with Gasteiger partial charge < -0.3 is 0 Å². The van der Waals surface area contributed by atoms with E-state index in [0.717, 1.165) is 42.8 Å². The minimum Gasteiger partial charge on any atom is -0.288 e. The highest BCUT2D eigenvalue weighted by Gasteiger charge is 2.44. The van der Waals surface area contributed by atoms with Crippen molar-refractivity contribution >= 4 is 78.1 Å². The molecule has 0 radical (unpaired) electrons. The molecular weight excluding hydrogens is 633 g/mol. The van der Waals surface area contributed by atoms with Gasteiger partial charge in [-0.05, 0) is 94.4 Å². The van der Waals surface area contributed by atoms with Gasteiger partial charge in [0.25, 0.3) is 0 Å². The van der Waals surface area contributed by atoms with Gasteiger partial charge in [0, 0.05) is 46.8 Å². The number of thiophene rings is 2. The van der Waals surface area contributed by atoms with Gasteiger partial charge in [0.1, 0.15) is 0 Å². The van der Waals surface area contributed by atoms with Crippen LogP contribution in [0, 0.1) is 0 Å². The van der Waals surface area contributed by atoms with Crippen LogP contribution in [0.25, 0.3) is 43.5 Å². The summed E-state index contributed by atoms with van der Waals surface area (Å²) in [7, 11) is 0. The molecule has 4 aliphatic carbocycles. The molecule has 0 bridgehead atoms. The molecule has 2 aromatic heterocycles. The van der Waals surface area contributed by atoms with Crippen molar-refractivity contribution in [2.75, 3.05) is 0 Å². The van der Waals surface area contributed by atoms with Gasteiger partial charge in [-0.15, -0.1) is 22.7 Å². The highest BCUT2D eigenvalue weighted by atomic mass is 32.1. The summed E-state index contributed by atoms with van der Waals surface area (Å²) in [4.78, 5) is 54.2. The third-order valence-electron chi connectivity index (χ3n) is 10.8. The van der Waals surface area contributed by atoms with Gasteiger partial charge in [-0.25, -0.2) is 0 Å². The molecule has 4 nitrogen and oxygen atoms in total. The van der Waals surface area contributed by atoms with Crippen molar-refractivity contribution in [2.45, 2.75) is 37.5 Å². The summed E-state index contributed by atoms with van der Waals surface area (Å²) < 4.78 is 2.26. The van der Waals surface area contributed by atoms with Gasteiger partial charge in [0.15, 0.2) is 23.1 Å². The zero-order chi connectivity index (χ0) is 32.3. The summed E-state index contributed by atoms with van der Waals surface area (Å²) >= 11 is 3.23. The Morgan fingerprint density at radius 2 is 0.875 bits per heavy atom. The predicted octanol–water partition coefficient (Wildman–Crippen LogP) is 10.3. The molecule has 2 heterocycles. The lowest BCUT2D eigenvalue weighted by molar-refractivity contribution is 0.0975. The summed E-state index contributed by atoms with van der Waals surface area (Å²) in [6.07, 6.45) is 9.31. The monoisotopic (exact) mass is 658 g/mol. The Labute approximate surface area is 284 Å². The highest BCUT2D eigenvalue weighted by molar-refractivity contribution is 7.20. The molecule has 0 N–H and O–H groups in total. The zero-order valence-electron chi connectivity index (χ0n) is 25.7. The van der Waals surface area contributed by atoms with Crippen molar-refractivity contribution in [1.29, 1.82) is 0 Å². The van der Waals surface area contributed by atoms with Crippen LogP contribution in [0.2, 0.25) is 0 Å². The van der Waals surface area contributed by atoms with Crippen molar-refractivity contribution in [1.82, 2.24) is 0 Å². The number of carbonyl (C=O) groups is 4. The number of hydrogen-bond acceptors (Lipinski definition) is 6. The SMILES string of the molecule is O=C1C(=Cc2cc3cc4c(cc3s2)-c2cc3sc(C=C5C(=O)c6ccccc6C5=O)cc3cc2C42CCCCC2)C(=O)c2ccccc21.